The van der Waals surface area contributed by atoms with Crippen LogP contribution in [0.4, 0.5) is 0 Å². The van der Waals surface area contributed by atoms with Crippen molar-refractivity contribution >= 4 is 43.7 Å². The molecule has 0 aliphatic rings. The van der Waals surface area contributed by atoms with Crippen LogP contribution in [0.25, 0.3) is 106 Å². The molecule has 0 amide bonds. The number of fused-ring (bicyclic) bond motifs is 6. The summed E-state index contributed by atoms with van der Waals surface area (Å²) in [6.45, 7) is 0. The quantitative estimate of drug-likeness (QED) is 0.172. The van der Waals surface area contributed by atoms with Gasteiger partial charge in [-0.1, -0.05) is 170 Å². The summed E-state index contributed by atoms with van der Waals surface area (Å²) in [6, 6.07) is 67.4. The zero-order valence-corrected chi connectivity index (χ0v) is 30.2. The van der Waals surface area contributed by atoms with Gasteiger partial charge in [0.1, 0.15) is 11.2 Å². The number of nitrogens with zero attached hydrogens (tertiary/aromatic N) is 4. The summed E-state index contributed by atoms with van der Waals surface area (Å²) in [7, 11) is 0. The van der Waals surface area contributed by atoms with Crippen LogP contribution >= 0.6 is 0 Å². The topological polar surface area (TPSA) is 56.7 Å². The first-order chi connectivity index (χ1) is 27.8. The Morgan fingerprint density at radius 3 is 1.64 bits per heavy atom. The van der Waals surface area contributed by atoms with Crippen molar-refractivity contribution in [1.82, 2.24) is 19.5 Å². The summed E-state index contributed by atoms with van der Waals surface area (Å²) >= 11 is 0. The summed E-state index contributed by atoms with van der Waals surface area (Å²) < 4.78 is 8.91. The summed E-state index contributed by atoms with van der Waals surface area (Å²) in [6.07, 6.45) is 0. The van der Waals surface area contributed by atoms with Crippen molar-refractivity contribution in [3.63, 3.8) is 0 Å². The fraction of sp³-hybridized carbons (Fsp3) is 0. The molecule has 11 rings (SSSR count). The smallest absolute Gasteiger partial charge is 0.166 e. The highest BCUT2D eigenvalue weighted by atomic mass is 16.3. The molecule has 0 saturated carbocycles. The van der Waals surface area contributed by atoms with Crippen molar-refractivity contribution in [1.29, 1.82) is 0 Å². The van der Waals surface area contributed by atoms with Crippen LogP contribution in [0.3, 0.4) is 0 Å². The molecule has 56 heavy (non-hydrogen) atoms. The van der Waals surface area contributed by atoms with Gasteiger partial charge in [0, 0.05) is 38.2 Å². The third-order valence-corrected chi connectivity index (χ3v) is 10.7. The molecule has 0 saturated heterocycles. The molecule has 0 bridgehead atoms. The van der Waals surface area contributed by atoms with Crippen LogP contribution in [0.2, 0.25) is 0 Å². The van der Waals surface area contributed by atoms with Gasteiger partial charge in [0.2, 0.25) is 0 Å². The number of furan rings is 1. The lowest BCUT2D eigenvalue weighted by atomic mass is 9.97. The summed E-state index contributed by atoms with van der Waals surface area (Å²) in [5.41, 5.74) is 11.9. The number of hydrogen-bond donors (Lipinski definition) is 0. The fourth-order valence-corrected chi connectivity index (χ4v) is 8.11. The minimum absolute atomic E-state index is 0.598. The zero-order chi connectivity index (χ0) is 37.0. The molecule has 0 atom stereocenters. The molecule has 0 radical (unpaired) electrons. The van der Waals surface area contributed by atoms with Gasteiger partial charge >= 0.3 is 0 Å². The maximum atomic E-state index is 6.53. The van der Waals surface area contributed by atoms with Crippen LogP contribution in [0.1, 0.15) is 0 Å². The zero-order valence-electron chi connectivity index (χ0n) is 30.2. The van der Waals surface area contributed by atoms with Crippen molar-refractivity contribution < 1.29 is 4.42 Å². The maximum Gasteiger partial charge on any atom is 0.166 e. The number of aromatic nitrogens is 4. The standard InChI is InChI=1S/C51H32N4O/c1-4-16-33(17-5-1)37-24-15-28-44(47(37)51-53-49(34-18-6-2-7-19-34)52-50(54-51)35-20-8-3-9-21-35)55-43-27-12-10-22-39(43)40-31-30-36(32-45(40)55)38-25-14-26-42-41-23-11-13-29-46(41)56-48(38)42/h1-32H. The van der Waals surface area contributed by atoms with Gasteiger partial charge in [-0.2, -0.15) is 0 Å². The molecule has 0 fully saturated rings. The molecule has 0 unspecified atom stereocenters. The minimum Gasteiger partial charge on any atom is -0.455 e. The van der Waals surface area contributed by atoms with E-state index in [2.05, 4.69) is 144 Å². The molecule has 5 nitrogen and oxygen atoms in total. The van der Waals surface area contributed by atoms with Gasteiger partial charge in [-0.05, 0) is 41.0 Å². The Kier molecular flexibility index (Phi) is 7.42. The first kappa shape index (κ1) is 31.9. The number of hydrogen-bond acceptors (Lipinski definition) is 4. The van der Waals surface area contributed by atoms with Crippen LogP contribution in [-0.2, 0) is 0 Å². The van der Waals surface area contributed by atoms with E-state index in [4.69, 9.17) is 19.4 Å². The molecule has 0 aliphatic heterocycles. The average molecular weight is 717 g/mol. The van der Waals surface area contributed by atoms with Crippen molar-refractivity contribution in [3.05, 3.63) is 194 Å². The minimum atomic E-state index is 0.598. The summed E-state index contributed by atoms with van der Waals surface area (Å²) in [4.78, 5) is 15.6. The van der Waals surface area contributed by atoms with Gasteiger partial charge in [0.25, 0.3) is 0 Å². The van der Waals surface area contributed by atoms with Gasteiger partial charge in [-0.25, -0.2) is 15.0 Å². The SMILES string of the molecule is c1ccc(-c2nc(-c3ccccc3)nc(-c3c(-c4ccccc4)cccc3-n3c4ccccc4c4ccc(-c5cccc6c5oc5ccccc56)cc43)n2)cc1. The molecule has 3 aromatic heterocycles. The second-order valence-electron chi connectivity index (χ2n) is 14.0. The van der Waals surface area contributed by atoms with Crippen molar-refractivity contribution in [2.24, 2.45) is 0 Å². The van der Waals surface area contributed by atoms with E-state index < -0.39 is 0 Å². The predicted molar refractivity (Wildman–Crippen MR) is 229 cm³/mol. The Hall–Kier alpha value is -7.63. The molecular formula is C51H32N4O. The largest absolute Gasteiger partial charge is 0.455 e. The molecule has 3 heterocycles. The molecular weight excluding hydrogens is 685 g/mol. The van der Waals surface area contributed by atoms with Crippen LogP contribution in [0.5, 0.6) is 0 Å². The van der Waals surface area contributed by atoms with Gasteiger partial charge in [-0.15, -0.1) is 0 Å². The summed E-state index contributed by atoms with van der Waals surface area (Å²) in [5, 5.41) is 4.54. The van der Waals surface area contributed by atoms with Gasteiger partial charge in [0.15, 0.2) is 17.5 Å². The maximum absolute atomic E-state index is 6.53. The summed E-state index contributed by atoms with van der Waals surface area (Å²) in [5.74, 6) is 1.83. The molecule has 262 valence electrons. The first-order valence-electron chi connectivity index (χ1n) is 18.8. The van der Waals surface area contributed by atoms with E-state index in [0.717, 1.165) is 88.4 Å². The Labute approximate surface area is 322 Å². The molecule has 5 heteroatoms. The van der Waals surface area contributed by atoms with E-state index in [0.29, 0.717) is 17.5 Å². The third kappa shape index (κ3) is 5.21. The number of benzene rings is 8. The third-order valence-electron chi connectivity index (χ3n) is 10.7. The average Bonchev–Trinajstić information content (AvgIpc) is 3.82. The number of rotatable bonds is 6. The first-order valence-corrected chi connectivity index (χ1v) is 18.8. The van der Waals surface area contributed by atoms with Crippen LogP contribution in [0.15, 0.2) is 199 Å². The van der Waals surface area contributed by atoms with Crippen LogP contribution < -0.4 is 0 Å². The molecule has 11 aromatic rings. The van der Waals surface area contributed by atoms with E-state index in [1.807, 2.05) is 54.6 Å². The van der Waals surface area contributed by atoms with Crippen molar-refractivity contribution in [2.45, 2.75) is 0 Å². The van der Waals surface area contributed by atoms with Crippen LogP contribution in [-0.4, -0.2) is 19.5 Å². The van der Waals surface area contributed by atoms with E-state index in [9.17, 15) is 0 Å². The van der Waals surface area contributed by atoms with E-state index in [1.165, 1.54) is 0 Å². The highest BCUT2D eigenvalue weighted by molar-refractivity contribution is 6.13. The number of para-hydroxylation sites is 3. The normalized spacial score (nSPS) is 11.6. The van der Waals surface area contributed by atoms with Crippen LogP contribution in [0, 0.1) is 0 Å². The lowest BCUT2D eigenvalue weighted by molar-refractivity contribution is 0.670. The molecule has 0 aliphatic carbocycles. The van der Waals surface area contributed by atoms with Crippen molar-refractivity contribution in [3.8, 4) is 62.1 Å². The lowest BCUT2D eigenvalue weighted by Crippen LogP contribution is -2.05. The predicted octanol–water partition coefficient (Wildman–Crippen LogP) is 13.2. The van der Waals surface area contributed by atoms with Gasteiger partial charge < -0.3 is 8.98 Å². The highest BCUT2D eigenvalue weighted by Gasteiger charge is 2.23. The Bertz CT molecular complexity index is 3180. The highest BCUT2D eigenvalue weighted by Crippen LogP contribution is 2.43. The molecule has 0 spiro atoms. The van der Waals surface area contributed by atoms with E-state index >= 15 is 0 Å². The second kappa shape index (κ2) is 13.0. The van der Waals surface area contributed by atoms with Crippen molar-refractivity contribution in [2.75, 3.05) is 0 Å². The lowest BCUT2D eigenvalue weighted by Gasteiger charge is -2.18. The van der Waals surface area contributed by atoms with E-state index in [-0.39, 0.29) is 0 Å². The fourth-order valence-electron chi connectivity index (χ4n) is 8.11. The van der Waals surface area contributed by atoms with Gasteiger partial charge in [-0.3, -0.25) is 0 Å². The van der Waals surface area contributed by atoms with Gasteiger partial charge in [0.05, 0.1) is 22.3 Å². The Morgan fingerprint density at radius 2 is 0.911 bits per heavy atom. The monoisotopic (exact) mass is 716 g/mol. The molecule has 8 aromatic carbocycles. The van der Waals surface area contributed by atoms with E-state index in [1.54, 1.807) is 0 Å². The second-order valence-corrected chi connectivity index (χ2v) is 14.0. The molecule has 0 N–H and O–H groups in total. The Morgan fingerprint density at radius 1 is 0.357 bits per heavy atom. The Balaban J connectivity index is 1.22.